The molecule has 0 unspecified atom stereocenters. The molecule has 7 heteroatoms. The number of amides is 1. The van der Waals surface area contributed by atoms with Crippen LogP contribution in [0.15, 0.2) is 0 Å². The molecule has 1 rings (SSSR count). The van der Waals surface area contributed by atoms with Crippen LogP contribution in [0.25, 0.3) is 0 Å². The van der Waals surface area contributed by atoms with Gasteiger partial charge in [-0.2, -0.15) is 12.7 Å². The number of likely N-dealkylation sites (tertiary alicyclic amines) is 1. The highest BCUT2D eigenvalue weighted by Gasteiger charge is 2.22. The van der Waals surface area contributed by atoms with E-state index in [1.54, 1.807) is 11.8 Å². The Morgan fingerprint density at radius 1 is 1.35 bits per heavy atom. The fraction of sp³-hybridized carbons (Fsp3) is 0.900. The first-order chi connectivity index (χ1) is 7.83. The van der Waals surface area contributed by atoms with Crippen LogP contribution in [-0.4, -0.2) is 57.3 Å². The van der Waals surface area contributed by atoms with Crippen LogP contribution in [0.1, 0.15) is 19.8 Å². The Hall–Kier alpha value is -0.660. The fourth-order valence-electron chi connectivity index (χ4n) is 1.80. The molecule has 1 heterocycles. The molecule has 0 aromatic rings. The van der Waals surface area contributed by atoms with Crippen molar-refractivity contribution in [2.75, 3.05) is 33.7 Å². The molecule has 0 aliphatic carbocycles. The van der Waals surface area contributed by atoms with Gasteiger partial charge in [0.2, 0.25) is 5.91 Å². The van der Waals surface area contributed by atoms with Gasteiger partial charge in [-0.15, -0.1) is 0 Å². The Morgan fingerprint density at radius 2 is 1.88 bits per heavy atom. The highest BCUT2D eigenvalue weighted by molar-refractivity contribution is 7.87. The zero-order valence-electron chi connectivity index (χ0n) is 10.6. The minimum Gasteiger partial charge on any atom is -0.343 e. The number of rotatable bonds is 4. The average molecular weight is 263 g/mol. The van der Waals surface area contributed by atoms with Crippen molar-refractivity contribution < 1.29 is 13.2 Å². The van der Waals surface area contributed by atoms with Crippen molar-refractivity contribution in [3.63, 3.8) is 0 Å². The molecule has 0 radical (unpaired) electrons. The van der Waals surface area contributed by atoms with E-state index in [4.69, 9.17) is 0 Å². The molecule has 0 saturated carbocycles. The average Bonchev–Trinajstić information content (AvgIpc) is 2.27. The summed E-state index contributed by atoms with van der Waals surface area (Å²) in [5.74, 6) is 0.414. The van der Waals surface area contributed by atoms with E-state index >= 15 is 0 Å². The Bertz CT molecular complexity index is 359. The number of hydrogen-bond donors (Lipinski definition) is 1. The Morgan fingerprint density at radius 3 is 2.29 bits per heavy atom. The molecule has 0 bridgehead atoms. The van der Waals surface area contributed by atoms with E-state index in [-0.39, 0.29) is 5.91 Å². The van der Waals surface area contributed by atoms with E-state index < -0.39 is 10.2 Å². The normalized spacial score (nSPS) is 18.7. The topological polar surface area (TPSA) is 69.7 Å². The third-order valence-corrected chi connectivity index (χ3v) is 4.59. The highest BCUT2D eigenvalue weighted by atomic mass is 32.2. The summed E-state index contributed by atoms with van der Waals surface area (Å²) in [5.41, 5.74) is 0. The lowest BCUT2D eigenvalue weighted by molar-refractivity contribution is -0.130. The Kier molecular flexibility index (Phi) is 4.91. The molecule has 0 aromatic carbocycles. The van der Waals surface area contributed by atoms with Crippen molar-refractivity contribution in [2.24, 2.45) is 5.92 Å². The zero-order chi connectivity index (χ0) is 13.1. The molecule has 1 aliphatic heterocycles. The smallest absolute Gasteiger partial charge is 0.278 e. The van der Waals surface area contributed by atoms with Gasteiger partial charge in [-0.1, -0.05) is 0 Å². The molecule has 0 aromatic heterocycles. The van der Waals surface area contributed by atoms with Crippen LogP contribution < -0.4 is 4.72 Å². The third-order valence-electron chi connectivity index (χ3n) is 3.09. The van der Waals surface area contributed by atoms with E-state index in [1.807, 2.05) is 0 Å². The van der Waals surface area contributed by atoms with Gasteiger partial charge in [0.1, 0.15) is 0 Å². The van der Waals surface area contributed by atoms with Gasteiger partial charge in [-0.3, -0.25) is 4.79 Å². The van der Waals surface area contributed by atoms with E-state index in [0.29, 0.717) is 12.5 Å². The third kappa shape index (κ3) is 4.25. The number of nitrogens with zero attached hydrogens (tertiary/aromatic N) is 2. The zero-order valence-corrected chi connectivity index (χ0v) is 11.5. The Balaban J connectivity index is 2.35. The SMILES string of the molecule is CC(=O)N1CCC(CNS(=O)(=O)N(C)C)CC1. The largest absolute Gasteiger partial charge is 0.343 e. The van der Waals surface area contributed by atoms with E-state index in [2.05, 4.69) is 4.72 Å². The lowest BCUT2D eigenvalue weighted by atomic mass is 9.97. The van der Waals surface area contributed by atoms with Gasteiger partial charge in [0.25, 0.3) is 10.2 Å². The van der Waals surface area contributed by atoms with Crippen LogP contribution >= 0.6 is 0 Å². The second-order valence-corrected chi connectivity index (χ2v) is 6.55. The van der Waals surface area contributed by atoms with Gasteiger partial charge in [-0.05, 0) is 18.8 Å². The molecule has 1 N–H and O–H groups in total. The molecule has 17 heavy (non-hydrogen) atoms. The van der Waals surface area contributed by atoms with E-state index in [9.17, 15) is 13.2 Å². The van der Waals surface area contributed by atoms with Crippen molar-refractivity contribution in [1.29, 1.82) is 0 Å². The number of carbonyl (C=O) groups is 1. The van der Waals surface area contributed by atoms with Crippen molar-refractivity contribution in [3.05, 3.63) is 0 Å². The first kappa shape index (κ1) is 14.4. The summed E-state index contributed by atoms with van der Waals surface area (Å²) in [7, 11) is -0.323. The first-order valence-corrected chi connectivity index (χ1v) is 7.19. The first-order valence-electron chi connectivity index (χ1n) is 5.75. The molecule has 1 amide bonds. The van der Waals surface area contributed by atoms with Crippen LogP contribution in [0, 0.1) is 5.92 Å². The second kappa shape index (κ2) is 5.79. The summed E-state index contributed by atoms with van der Waals surface area (Å²) in [6.07, 6.45) is 1.71. The van der Waals surface area contributed by atoms with E-state index in [0.717, 1.165) is 30.2 Å². The molecule has 1 aliphatic rings. The van der Waals surface area contributed by atoms with Crippen molar-refractivity contribution in [2.45, 2.75) is 19.8 Å². The molecule has 0 spiro atoms. The van der Waals surface area contributed by atoms with Crippen molar-refractivity contribution in [3.8, 4) is 0 Å². The molecule has 1 fully saturated rings. The molecule has 0 atom stereocenters. The molecule has 100 valence electrons. The highest BCUT2D eigenvalue weighted by Crippen LogP contribution is 2.16. The van der Waals surface area contributed by atoms with Crippen LogP contribution in [0.2, 0.25) is 0 Å². The quantitative estimate of drug-likeness (QED) is 0.753. The van der Waals surface area contributed by atoms with Crippen molar-refractivity contribution in [1.82, 2.24) is 13.9 Å². The molecule has 6 nitrogen and oxygen atoms in total. The van der Waals surface area contributed by atoms with Crippen LogP contribution in [0.4, 0.5) is 0 Å². The predicted octanol–water partition coefficient (Wildman–Crippen LogP) is -0.359. The molecular weight excluding hydrogens is 242 g/mol. The number of piperidine rings is 1. The maximum atomic E-state index is 11.5. The van der Waals surface area contributed by atoms with Gasteiger partial charge >= 0.3 is 0 Å². The number of carbonyl (C=O) groups excluding carboxylic acids is 1. The van der Waals surface area contributed by atoms with Gasteiger partial charge in [0.15, 0.2) is 0 Å². The van der Waals surface area contributed by atoms with Gasteiger partial charge in [0, 0.05) is 40.7 Å². The van der Waals surface area contributed by atoms with Crippen molar-refractivity contribution >= 4 is 16.1 Å². The van der Waals surface area contributed by atoms with Gasteiger partial charge in [0.05, 0.1) is 0 Å². The minimum absolute atomic E-state index is 0.0947. The van der Waals surface area contributed by atoms with Gasteiger partial charge < -0.3 is 4.90 Å². The summed E-state index contributed by atoms with van der Waals surface area (Å²) in [5, 5.41) is 0. The molecule has 1 saturated heterocycles. The summed E-state index contributed by atoms with van der Waals surface area (Å²) in [4.78, 5) is 12.9. The lowest BCUT2D eigenvalue weighted by Crippen LogP contribution is -2.43. The van der Waals surface area contributed by atoms with Gasteiger partial charge in [-0.25, -0.2) is 4.72 Å². The maximum absolute atomic E-state index is 11.5. The van der Waals surface area contributed by atoms with Crippen LogP contribution in [0.3, 0.4) is 0 Å². The summed E-state index contributed by atoms with van der Waals surface area (Å²) in [6, 6.07) is 0. The van der Waals surface area contributed by atoms with Crippen LogP contribution in [0.5, 0.6) is 0 Å². The minimum atomic E-state index is -3.32. The lowest BCUT2D eigenvalue weighted by Gasteiger charge is -2.31. The monoisotopic (exact) mass is 263 g/mol. The number of hydrogen-bond acceptors (Lipinski definition) is 3. The second-order valence-electron chi connectivity index (χ2n) is 4.59. The van der Waals surface area contributed by atoms with E-state index in [1.165, 1.54) is 14.1 Å². The summed E-state index contributed by atoms with van der Waals surface area (Å²) < 4.78 is 26.7. The van der Waals surface area contributed by atoms with Crippen LogP contribution in [-0.2, 0) is 15.0 Å². The summed E-state index contributed by atoms with van der Waals surface area (Å²) >= 11 is 0. The standard InChI is InChI=1S/C10H21N3O3S/c1-9(14)13-6-4-10(5-7-13)8-11-17(15,16)12(2)3/h10-11H,4-8H2,1-3H3. The Labute approximate surface area is 103 Å². The summed E-state index contributed by atoms with van der Waals surface area (Å²) in [6.45, 7) is 3.47. The fourth-order valence-corrected chi connectivity index (χ4v) is 2.51. The maximum Gasteiger partial charge on any atom is 0.278 e. The molecular formula is C10H21N3O3S. The predicted molar refractivity (Wildman–Crippen MR) is 65.6 cm³/mol. The number of nitrogens with one attached hydrogen (secondary N) is 1.